The van der Waals surface area contributed by atoms with Crippen LogP contribution in [-0.4, -0.2) is 12.6 Å². The number of hydrogen-bond acceptors (Lipinski definition) is 2. The van der Waals surface area contributed by atoms with Gasteiger partial charge in [0.1, 0.15) is 0 Å². The average molecular weight is 194 g/mol. The van der Waals surface area contributed by atoms with E-state index in [0.29, 0.717) is 12.5 Å². The first-order chi connectivity index (χ1) is 6.79. The fraction of sp³-hybridized carbons (Fsp3) is 0.750. The SMILES string of the molecule is CCOC(=O)/C=C\[C@@H]1C[C@H]2CC[C@H]1C2. The first kappa shape index (κ1) is 9.75. The van der Waals surface area contributed by atoms with Gasteiger partial charge in [-0.15, -0.1) is 0 Å². The summed E-state index contributed by atoms with van der Waals surface area (Å²) in [7, 11) is 0. The zero-order valence-electron chi connectivity index (χ0n) is 8.74. The quantitative estimate of drug-likeness (QED) is 0.510. The van der Waals surface area contributed by atoms with E-state index in [1.807, 2.05) is 6.92 Å². The number of allylic oxidation sites excluding steroid dienone is 1. The van der Waals surface area contributed by atoms with Crippen LogP contribution in [0.3, 0.4) is 0 Å². The predicted molar refractivity (Wildman–Crippen MR) is 54.7 cm³/mol. The molecule has 2 fully saturated rings. The molecule has 0 radical (unpaired) electrons. The molecule has 2 aliphatic rings. The molecule has 0 heterocycles. The summed E-state index contributed by atoms with van der Waals surface area (Å²) in [6.07, 6.45) is 9.14. The van der Waals surface area contributed by atoms with Crippen molar-refractivity contribution in [1.82, 2.24) is 0 Å². The second-order valence-corrected chi connectivity index (χ2v) is 4.45. The highest BCUT2D eigenvalue weighted by Crippen LogP contribution is 2.48. The number of esters is 1. The molecule has 2 rings (SSSR count). The molecule has 0 aliphatic heterocycles. The summed E-state index contributed by atoms with van der Waals surface area (Å²) in [4.78, 5) is 11.1. The van der Waals surface area contributed by atoms with Crippen LogP contribution in [0.15, 0.2) is 12.2 Å². The predicted octanol–water partition coefficient (Wildman–Crippen LogP) is 2.54. The second-order valence-electron chi connectivity index (χ2n) is 4.45. The molecule has 0 saturated heterocycles. The monoisotopic (exact) mass is 194 g/mol. The number of ether oxygens (including phenoxy) is 1. The van der Waals surface area contributed by atoms with Gasteiger partial charge in [-0.05, 0) is 43.9 Å². The summed E-state index contributed by atoms with van der Waals surface area (Å²) < 4.78 is 4.86. The molecular formula is C12H18O2. The maximum absolute atomic E-state index is 11.1. The summed E-state index contributed by atoms with van der Waals surface area (Å²) in [5.74, 6) is 2.26. The van der Waals surface area contributed by atoms with Crippen LogP contribution in [0.2, 0.25) is 0 Å². The molecule has 3 atom stereocenters. The van der Waals surface area contributed by atoms with Crippen LogP contribution in [0, 0.1) is 17.8 Å². The van der Waals surface area contributed by atoms with Crippen LogP contribution in [0.4, 0.5) is 0 Å². The van der Waals surface area contributed by atoms with Crippen molar-refractivity contribution in [2.24, 2.45) is 17.8 Å². The number of rotatable bonds is 3. The summed E-state index contributed by atoms with van der Waals surface area (Å²) >= 11 is 0. The summed E-state index contributed by atoms with van der Waals surface area (Å²) in [6, 6.07) is 0. The minimum Gasteiger partial charge on any atom is -0.463 e. The van der Waals surface area contributed by atoms with Crippen LogP contribution in [0.25, 0.3) is 0 Å². The molecule has 0 unspecified atom stereocenters. The van der Waals surface area contributed by atoms with Crippen molar-refractivity contribution in [3.05, 3.63) is 12.2 Å². The Morgan fingerprint density at radius 3 is 2.86 bits per heavy atom. The summed E-state index contributed by atoms with van der Waals surface area (Å²) in [6.45, 7) is 2.31. The van der Waals surface area contributed by atoms with Gasteiger partial charge < -0.3 is 4.74 Å². The van der Waals surface area contributed by atoms with Crippen LogP contribution in [0.5, 0.6) is 0 Å². The molecule has 0 N–H and O–H groups in total. The Hall–Kier alpha value is -0.790. The van der Waals surface area contributed by atoms with Crippen LogP contribution in [0.1, 0.15) is 32.6 Å². The van der Waals surface area contributed by atoms with Crippen molar-refractivity contribution in [3.8, 4) is 0 Å². The van der Waals surface area contributed by atoms with Crippen molar-refractivity contribution in [1.29, 1.82) is 0 Å². The highest BCUT2D eigenvalue weighted by atomic mass is 16.5. The van der Waals surface area contributed by atoms with Crippen molar-refractivity contribution in [2.45, 2.75) is 32.6 Å². The molecule has 0 aromatic carbocycles. The minimum absolute atomic E-state index is 0.185. The first-order valence-corrected chi connectivity index (χ1v) is 5.64. The Morgan fingerprint density at radius 2 is 2.29 bits per heavy atom. The zero-order valence-corrected chi connectivity index (χ0v) is 8.74. The van der Waals surface area contributed by atoms with Gasteiger partial charge in [-0.25, -0.2) is 4.79 Å². The Kier molecular flexibility index (Phi) is 2.90. The van der Waals surface area contributed by atoms with Crippen molar-refractivity contribution in [2.75, 3.05) is 6.61 Å². The minimum atomic E-state index is -0.185. The van der Waals surface area contributed by atoms with Gasteiger partial charge >= 0.3 is 5.97 Å². The second kappa shape index (κ2) is 4.16. The van der Waals surface area contributed by atoms with Crippen molar-refractivity contribution >= 4 is 5.97 Å². The third-order valence-electron chi connectivity index (χ3n) is 3.56. The smallest absolute Gasteiger partial charge is 0.330 e. The number of hydrogen-bond donors (Lipinski definition) is 0. The van der Waals surface area contributed by atoms with E-state index in [1.165, 1.54) is 25.7 Å². The van der Waals surface area contributed by atoms with E-state index in [-0.39, 0.29) is 5.97 Å². The lowest BCUT2D eigenvalue weighted by molar-refractivity contribution is -0.137. The maximum Gasteiger partial charge on any atom is 0.330 e. The van der Waals surface area contributed by atoms with Gasteiger partial charge in [-0.3, -0.25) is 0 Å². The van der Waals surface area contributed by atoms with Crippen LogP contribution in [-0.2, 0) is 9.53 Å². The fourth-order valence-corrected chi connectivity index (χ4v) is 2.92. The van der Waals surface area contributed by atoms with Gasteiger partial charge in [0.2, 0.25) is 0 Å². The Balaban J connectivity index is 1.83. The maximum atomic E-state index is 11.1. The molecule has 78 valence electrons. The molecule has 2 heteroatoms. The molecule has 0 aromatic heterocycles. The van der Waals surface area contributed by atoms with E-state index >= 15 is 0 Å². The third-order valence-corrected chi connectivity index (χ3v) is 3.56. The standard InChI is InChI=1S/C12H18O2/c1-2-14-12(13)6-5-11-8-9-3-4-10(11)7-9/h5-6,9-11H,2-4,7-8H2,1H3/b6-5-/t9-,10-,11+/m0/s1. The van der Waals surface area contributed by atoms with Crippen molar-refractivity contribution in [3.63, 3.8) is 0 Å². The van der Waals surface area contributed by atoms with E-state index in [0.717, 1.165) is 11.8 Å². The zero-order chi connectivity index (χ0) is 9.97. The lowest BCUT2D eigenvalue weighted by Crippen LogP contribution is -2.08. The highest BCUT2D eigenvalue weighted by Gasteiger charge is 2.37. The van der Waals surface area contributed by atoms with Crippen LogP contribution >= 0.6 is 0 Å². The molecule has 2 saturated carbocycles. The van der Waals surface area contributed by atoms with E-state index in [4.69, 9.17) is 4.74 Å². The molecule has 14 heavy (non-hydrogen) atoms. The molecule has 2 nitrogen and oxygen atoms in total. The summed E-state index contributed by atoms with van der Waals surface area (Å²) in [5.41, 5.74) is 0. The molecular weight excluding hydrogens is 176 g/mol. The summed E-state index contributed by atoms with van der Waals surface area (Å²) in [5, 5.41) is 0. The lowest BCUT2D eigenvalue weighted by atomic mass is 9.89. The third kappa shape index (κ3) is 1.99. The lowest BCUT2D eigenvalue weighted by Gasteiger charge is -2.17. The van der Waals surface area contributed by atoms with Crippen molar-refractivity contribution < 1.29 is 9.53 Å². The van der Waals surface area contributed by atoms with Gasteiger partial charge in [-0.2, -0.15) is 0 Å². The van der Waals surface area contributed by atoms with Crippen LogP contribution < -0.4 is 0 Å². The average Bonchev–Trinajstić information content (AvgIpc) is 2.76. The van der Waals surface area contributed by atoms with Gasteiger partial charge in [0.15, 0.2) is 0 Å². The molecule has 0 spiro atoms. The van der Waals surface area contributed by atoms with E-state index in [2.05, 4.69) is 6.08 Å². The number of carbonyl (C=O) groups excluding carboxylic acids is 1. The number of carbonyl (C=O) groups is 1. The molecule has 2 aliphatic carbocycles. The Morgan fingerprint density at radius 1 is 1.43 bits per heavy atom. The van der Waals surface area contributed by atoms with E-state index < -0.39 is 0 Å². The van der Waals surface area contributed by atoms with Gasteiger partial charge in [-0.1, -0.05) is 12.5 Å². The van der Waals surface area contributed by atoms with E-state index in [1.54, 1.807) is 6.08 Å². The molecule has 2 bridgehead atoms. The molecule has 0 aromatic rings. The largest absolute Gasteiger partial charge is 0.463 e. The normalized spacial score (nSPS) is 35.4. The first-order valence-electron chi connectivity index (χ1n) is 5.64. The van der Waals surface area contributed by atoms with E-state index in [9.17, 15) is 4.79 Å². The van der Waals surface area contributed by atoms with Gasteiger partial charge in [0.25, 0.3) is 0 Å². The topological polar surface area (TPSA) is 26.3 Å². The Bertz CT molecular complexity index is 245. The van der Waals surface area contributed by atoms with Gasteiger partial charge in [0.05, 0.1) is 6.61 Å². The highest BCUT2D eigenvalue weighted by molar-refractivity contribution is 5.81. The Labute approximate surface area is 85.3 Å². The molecule has 0 amide bonds. The fourth-order valence-electron chi connectivity index (χ4n) is 2.92. The van der Waals surface area contributed by atoms with Gasteiger partial charge in [0, 0.05) is 6.08 Å². The number of fused-ring (bicyclic) bond motifs is 2.